The summed E-state index contributed by atoms with van der Waals surface area (Å²) < 4.78 is 32.8. The van der Waals surface area contributed by atoms with Crippen LogP contribution in [0.5, 0.6) is 5.75 Å². The van der Waals surface area contributed by atoms with Gasteiger partial charge in [-0.2, -0.15) is 4.31 Å². The molecule has 35 heavy (non-hydrogen) atoms. The smallest absolute Gasteiger partial charge is 0.258 e. The van der Waals surface area contributed by atoms with Crippen LogP contribution in [0.2, 0.25) is 5.02 Å². The lowest BCUT2D eigenvalue weighted by Gasteiger charge is -2.20. The third-order valence-electron chi connectivity index (χ3n) is 5.86. The van der Waals surface area contributed by atoms with Gasteiger partial charge in [0.05, 0.1) is 10.4 Å². The zero-order valence-corrected chi connectivity index (χ0v) is 20.9. The van der Waals surface area contributed by atoms with Crippen LogP contribution in [0.4, 0.5) is 5.69 Å². The molecule has 0 atom stereocenters. The molecule has 0 radical (unpaired) electrons. The van der Waals surface area contributed by atoms with E-state index < -0.39 is 10.0 Å². The monoisotopic (exact) mass is 516 g/mol. The second kappa shape index (κ2) is 11.7. The maximum Gasteiger partial charge on any atom is 0.258 e. The van der Waals surface area contributed by atoms with Crippen molar-refractivity contribution in [3.63, 3.8) is 0 Å². The number of fused-ring (bicyclic) bond motifs is 1. The minimum Gasteiger partial charge on any atom is -0.484 e. The molecule has 0 bridgehead atoms. The fourth-order valence-corrected chi connectivity index (χ4v) is 5.70. The van der Waals surface area contributed by atoms with Crippen LogP contribution in [0.1, 0.15) is 25.7 Å². The molecule has 2 aromatic carbocycles. The average Bonchev–Trinajstić information content (AvgIpc) is 3.16. The van der Waals surface area contributed by atoms with E-state index in [-0.39, 0.29) is 17.4 Å². The Morgan fingerprint density at radius 1 is 1.00 bits per heavy atom. The zero-order chi connectivity index (χ0) is 24.7. The van der Waals surface area contributed by atoms with Crippen LogP contribution < -0.4 is 15.4 Å². The zero-order valence-electron chi connectivity index (χ0n) is 19.4. The lowest BCUT2D eigenvalue weighted by molar-refractivity contribution is -0.123. The van der Waals surface area contributed by atoms with Gasteiger partial charge in [0.2, 0.25) is 10.0 Å². The molecule has 0 unspecified atom stereocenters. The van der Waals surface area contributed by atoms with Gasteiger partial charge in [0.25, 0.3) is 5.91 Å². The minimum atomic E-state index is -3.51. The third-order valence-corrected chi connectivity index (χ3v) is 8.01. The number of carbonyl (C=O) groups is 1. The Kier molecular flexibility index (Phi) is 8.43. The summed E-state index contributed by atoms with van der Waals surface area (Å²) >= 11 is 6.02. The molecule has 8 nitrogen and oxygen atoms in total. The van der Waals surface area contributed by atoms with Crippen molar-refractivity contribution in [3.8, 4) is 5.75 Å². The predicted octanol–water partition coefficient (Wildman–Crippen LogP) is 4.06. The van der Waals surface area contributed by atoms with Gasteiger partial charge >= 0.3 is 0 Å². The normalized spacial score (nSPS) is 14.9. The van der Waals surface area contributed by atoms with Gasteiger partial charge in [0.15, 0.2) is 6.61 Å². The van der Waals surface area contributed by atoms with Gasteiger partial charge in [-0.25, -0.2) is 8.42 Å². The molecule has 2 N–H and O–H groups in total. The van der Waals surface area contributed by atoms with Gasteiger partial charge in [-0.05, 0) is 61.4 Å². The molecule has 1 aromatic heterocycles. The number of pyridine rings is 1. The van der Waals surface area contributed by atoms with Crippen molar-refractivity contribution in [2.75, 3.05) is 38.1 Å². The number of halogens is 1. The number of hydrogen-bond donors (Lipinski definition) is 2. The summed E-state index contributed by atoms with van der Waals surface area (Å²) in [6, 6.07) is 13.6. The van der Waals surface area contributed by atoms with Crippen LogP contribution in [0.15, 0.2) is 59.6 Å². The number of rotatable bonds is 9. The minimum absolute atomic E-state index is 0.158. The summed E-state index contributed by atoms with van der Waals surface area (Å²) in [5.74, 6) is 0.175. The number of amides is 1. The largest absolute Gasteiger partial charge is 0.484 e. The summed E-state index contributed by atoms with van der Waals surface area (Å²) in [6.07, 6.45) is 5.61. The maximum atomic E-state index is 12.9. The van der Waals surface area contributed by atoms with Crippen molar-refractivity contribution >= 4 is 44.1 Å². The highest BCUT2D eigenvalue weighted by atomic mass is 35.5. The highest BCUT2D eigenvalue weighted by molar-refractivity contribution is 7.89. The van der Waals surface area contributed by atoms with Gasteiger partial charge in [0.1, 0.15) is 5.75 Å². The van der Waals surface area contributed by atoms with Crippen LogP contribution in [-0.2, 0) is 14.8 Å². The average molecular weight is 517 g/mol. The molecule has 1 fully saturated rings. The molecule has 1 aliphatic rings. The van der Waals surface area contributed by atoms with Crippen LogP contribution in [0.3, 0.4) is 0 Å². The Hall–Kier alpha value is -2.88. The summed E-state index contributed by atoms with van der Waals surface area (Å²) in [5.41, 5.74) is 1.71. The molecule has 0 spiro atoms. The highest BCUT2D eigenvalue weighted by Gasteiger charge is 2.25. The van der Waals surface area contributed by atoms with Crippen LogP contribution in [0.25, 0.3) is 10.9 Å². The topological polar surface area (TPSA) is 101 Å². The summed E-state index contributed by atoms with van der Waals surface area (Å²) in [5, 5.41) is 7.67. The van der Waals surface area contributed by atoms with Gasteiger partial charge in [-0.15, -0.1) is 0 Å². The van der Waals surface area contributed by atoms with Gasteiger partial charge in [-0.3, -0.25) is 9.78 Å². The Morgan fingerprint density at radius 3 is 2.49 bits per heavy atom. The van der Waals surface area contributed by atoms with E-state index in [1.54, 1.807) is 28.7 Å². The molecule has 1 amide bonds. The standard InChI is InChI=1S/C25H29ClN4O4S/c26-19-5-10-22-23(11-12-27-24(22)17-19)28-13-14-29-25(31)18-34-20-6-8-21(9-7-20)35(32,33)30-15-3-1-2-4-16-30/h5-12,17H,1-4,13-16,18H2,(H,27,28)(H,29,31). The van der Waals surface area contributed by atoms with Crippen molar-refractivity contribution < 1.29 is 17.9 Å². The molecule has 0 aliphatic carbocycles. The fourth-order valence-electron chi connectivity index (χ4n) is 4.01. The number of carbonyl (C=O) groups excluding carboxylic acids is 1. The number of anilines is 1. The van der Waals surface area contributed by atoms with Crippen LogP contribution in [-0.4, -0.2) is 56.4 Å². The number of aromatic nitrogens is 1. The van der Waals surface area contributed by atoms with E-state index in [1.807, 2.05) is 18.2 Å². The highest BCUT2D eigenvalue weighted by Crippen LogP contribution is 2.24. The Balaban J connectivity index is 1.22. The molecule has 3 aromatic rings. The third kappa shape index (κ3) is 6.62. The van der Waals surface area contributed by atoms with Gasteiger partial charge < -0.3 is 15.4 Å². The summed E-state index contributed by atoms with van der Waals surface area (Å²) in [4.78, 5) is 16.7. The van der Waals surface area contributed by atoms with Gasteiger partial charge in [0, 0.05) is 48.5 Å². The van der Waals surface area contributed by atoms with E-state index in [2.05, 4.69) is 15.6 Å². The second-order valence-electron chi connectivity index (χ2n) is 8.38. The molecular weight excluding hydrogens is 488 g/mol. The Morgan fingerprint density at radius 2 is 1.74 bits per heavy atom. The van der Waals surface area contributed by atoms with E-state index >= 15 is 0 Å². The Labute approximate surface area is 210 Å². The van der Waals surface area contributed by atoms with Crippen molar-refractivity contribution in [2.45, 2.75) is 30.6 Å². The van der Waals surface area contributed by atoms with Crippen molar-refractivity contribution in [1.82, 2.24) is 14.6 Å². The molecule has 1 aliphatic heterocycles. The number of nitrogens with zero attached hydrogens (tertiary/aromatic N) is 2. The molecule has 0 saturated carbocycles. The first kappa shape index (κ1) is 25.2. The van der Waals surface area contributed by atoms with E-state index in [4.69, 9.17) is 16.3 Å². The molecule has 2 heterocycles. The SMILES string of the molecule is O=C(COc1ccc(S(=O)(=O)N2CCCCCC2)cc1)NCCNc1ccnc2cc(Cl)ccc12. The Bertz CT molecular complexity index is 1260. The van der Waals surface area contributed by atoms with Gasteiger partial charge in [-0.1, -0.05) is 24.4 Å². The van der Waals surface area contributed by atoms with Crippen molar-refractivity contribution in [1.29, 1.82) is 0 Å². The van der Waals surface area contributed by atoms with E-state index in [0.29, 0.717) is 37.0 Å². The lowest BCUT2D eigenvalue weighted by atomic mass is 10.2. The molecule has 186 valence electrons. The first-order chi connectivity index (χ1) is 16.9. The predicted molar refractivity (Wildman–Crippen MR) is 137 cm³/mol. The van der Waals surface area contributed by atoms with E-state index in [0.717, 1.165) is 42.3 Å². The number of hydrogen-bond acceptors (Lipinski definition) is 6. The van der Waals surface area contributed by atoms with Crippen molar-refractivity contribution in [3.05, 3.63) is 59.8 Å². The molecule has 4 rings (SSSR count). The fraction of sp³-hybridized carbons (Fsp3) is 0.360. The molecule has 10 heteroatoms. The molecule has 1 saturated heterocycles. The van der Waals surface area contributed by atoms with Crippen LogP contribution >= 0.6 is 11.6 Å². The summed E-state index contributed by atoms with van der Waals surface area (Å²) in [6.45, 7) is 1.89. The lowest BCUT2D eigenvalue weighted by Crippen LogP contribution is -2.32. The number of benzene rings is 2. The maximum absolute atomic E-state index is 12.9. The summed E-state index contributed by atoms with van der Waals surface area (Å²) in [7, 11) is -3.51. The first-order valence-electron chi connectivity index (χ1n) is 11.7. The van der Waals surface area contributed by atoms with Crippen molar-refractivity contribution in [2.24, 2.45) is 0 Å². The van der Waals surface area contributed by atoms with E-state index in [9.17, 15) is 13.2 Å². The van der Waals surface area contributed by atoms with Crippen LogP contribution in [0, 0.1) is 0 Å². The quantitative estimate of drug-likeness (QED) is 0.416. The van der Waals surface area contributed by atoms with E-state index in [1.165, 1.54) is 12.1 Å². The number of nitrogens with one attached hydrogen (secondary N) is 2. The number of sulfonamides is 1. The second-order valence-corrected chi connectivity index (χ2v) is 10.7. The first-order valence-corrected chi connectivity index (χ1v) is 13.5. The number of ether oxygens (including phenoxy) is 1. The molecular formula is C25H29ClN4O4S.